The van der Waals surface area contributed by atoms with Gasteiger partial charge in [0.1, 0.15) is 30.4 Å². The molecule has 3 N–H and O–H groups in total. The van der Waals surface area contributed by atoms with Gasteiger partial charge in [0.2, 0.25) is 5.91 Å². The van der Waals surface area contributed by atoms with Crippen LogP contribution in [0.5, 0.6) is 0 Å². The van der Waals surface area contributed by atoms with Crippen LogP contribution in [0, 0.1) is 5.92 Å². The van der Waals surface area contributed by atoms with Crippen LogP contribution >= 0.6 is 22.9 Å². The molecular formula is C17H18ClN5O6S. The summed E-state index contributed by atoms with van der Waals surface area (Å²) >= 11 is 6.50. The van der Waals surface area contributed by atoms with Gasteiger partial charge in [0.15, 0.2) is 10.8 Å². The van der Waals surface area contributed by atoms with Crippen LogP contribution in [0.25, 0.3) is 0 Å². The number of hydrogen-bond acceptors (Lipinski definition) is 8. The van der Waals surface area contributed by atoms with E-state index in [1.807, 2.05) is 6.92 Å². The Morgan fingerprint density at radius 1 is 1.47 bits per heavy atom. The number of carboxylic acids is 1. The van der Waals surface area contributed by atoms with Crippen molar-refractivity contribution in [2.24, 2.45) is 11.1 Å². The van der Waals surface area contributed by atoms with Crippen molar-refractivity contribution in [1.29, 1.82) is 0 Å². The molecule has 30 heavy (non-hydrogen) atoms. The number of carboxylic acid groups (broad SMARTS) is 1. The van der Waals surface area contributed by atoms with Crippen molar-refractivity contribution in [2.45, 2.75) is 25.4 Å². The molecule has 0 bridgehead atoms. The van der Waals surface area contributed by atoms with E-state index in [-0.39, 0.29) is 34.0 Å². The zero-order chi connectivity index (χ0) is 22.0. The van der Waals surface area contributed by atoms with Gasteiger partial charge in [0.05, 0.1) is 6.04 Å². The maximum atomic E-state index is 12.8. The number of β-lactam (4-membered cyclic amide) rings is 1. The number of allylic oxidation sites excluding steroid dienone is 1. The number of amides is 3. The summed E-state index contributed by atoms with van der Waals surface area (Å²) in [6.07, 6.45) is 2.04. The number of oxime groups is 1. The summed E-state index contributed by atoms with van der Waals surface area (Å²) in [5.41, 5.74) is -0.139. The van der Waals surface area contributed by atoms with E-state index in [9.17, 15) is 24.3 Å². The zero-order valence-corrected chi connectivity index (χ0v) is 17.5. The second-order valence-corrected chi connectivity index (χ2v) is 7.76. The number of carbonyl (C=O) groups is 4. The smallest absolute Gasteiger partial charge is 0.352 e. The SMILES string of the molecule is CON=C(C(=O)N[C@H]1C(=O)N2C(C(=O)O)=C[C@H](C)C[C@@H]12)c1csc(NC(=O)CCl)n1. The standard InChI is InChI=1S/C17H18ClN5O6S/c1-7-3-9-13(15(26)23(9)10(4-7)16(27)28)21-14(25)12(22-29-2)8-6-30-17(19-8)20-11(24)5-18/h4,6-7,9,13H,3,5H2,1-2H3,(H,21,25)(H,27,28)(H,19,20,24)/t7-,9+,13-/m1/s1. The number of rotatable bonds is 7. The van der Waals surface area contributed by atoms with Crippen molar-refractivity contribution in [3.05, 3.63) is 22.8 Å². The van der Waals surface area contributed by atoms with E-state index in [1.165, 1.54) is 23.5 Å². The van der Waals surface area contributed by atoms with Crippen LogP contribution in [0.4, 0.5) is 5.13 Å². The average molecular weight is 456 g/mol. The molecular weight excluding hydrogens is 438 g/mol. The van der Waals surface area contributed by atoms with E-state index in [2.05, 4.69) is 20.8 Å². The number of alkyl halides is 1. The third-order valence-corrected chi connectivity index (χ3v) is 5.55. The Morgan fingerprint density at radius 2 is 2.20 bits per heavy atom. The molecule has 0 spiro atoms. The molecule has 3 heterocycles. The predicted octanol–water partition coefficient (Wildman–Crippen LogP) is 0.375. The summed E-state index contributed by atoms with van der Waals surface area (Å²) in [6.45, 7) is 1.84. The van der Waals surface area contributed by atoms with E-state index in [1.54, 1.807) is 0 Å². The van der Waals surface area contributed by atoms with Crippen LogP contribution in [0.1, 0.15) is 19.0 Å². The second-order valence-electron chi connectivity index (χ2n) is 6.64. The molecule has 160 valence electrons. The Hall–Kier alpha value is -2.99. The van der Waals surface area contributed by atoms with Crippen LogP contribution < -0.4 is 10.6 Å². The lowest BCUT2D eigenvalue weighted by Crippen LogP contribution is -2.72. The molecule has 2 aliphatic rings. The van der Waals surface area contributed by atoms with Crippen LogP contribution in [-0.2, 0) is 24.0 Å². The van der Waals surface area contributed by atoms with Crippen LogP contribution in [0.15, 0.2) is 22.3 Å². The fourth-order valence-electron chi connectivity index (χ4n) is 3.31. The van der Waals surface area contributed by atoms with Crippen LogP contribution in [0.3, 0.4) is 0 Å². The minimum absolute atomic E-state index is 0.0661. The van der Waals surface area contributed by atoms with Crippen molar-refractivity contribution < 1.29 is 29.1 Å². The lowest BCUT2D eigenvalue weighted by atomic mass is 9.82. The third-order valence-electron chi connectivity index (χ3n) is 4.55. The van der Waals surface area contributed by atoms with Crippen LogP contribution in [0.2, 0.25) is 0 Å². The van der Waals surface area contributed by atoms with Gasteiger partial charge in [0, 0.05) is 5.38 Å². The molecule has 2 aliphatic heterocycles. The van der Waals surface area contributed by atoms with E-state index >= 15 is 0 Å². The number of fused-ring (bicyclic) bond motifs is 1. The minimum atomic E-state index is -1.19. The van der Waals surface area contributed by atoms with E-state index in [0.717, 1.165) is 11.3 Å². The summed E-state index contributed by atoms with van der Waals surface area (Å²) < 4.78 is 0. The minimum Gasteiger partial charge on any atom is -0.477 e. The maximum absolute atomic E-state index is 12.8. The molecule has 0 unspecified atom stereocenters. The molecule has 13 heteroatoms. The largest absolute Gasteiger partial charge is 0.477 e. The van der Waals surface area contributed by atoms with E-state index in [0.29, 0.717) is 6.42 Å². The van der Waals surface area contributed by atoms with Gasteiger partial charge in [-0.2, -0.15) is 0 Å². The first kappa shape index (κ1) is 21.7. The number of aliphatic carboxylic acids is 1. The summed E-state index contributed by atoms with van der Waals surface area (Å²) in [7, 11) is 1.25. The summed E-state index contributed by atoms with van der Waals surface area (Å²) in [4.78, 5) is 58.1. The summed E-state index contributed by atoms with van der Waals surface area (Å²) in [5, 5.41) is 19.8. The number of halogens is 1. The second kappa shape index (κ2) is 8.79. The van der Waals surface area contributed by atoms with Gasteiger partial charge in [-0.25, -0.2) is 9.78 Å². The number of carbonyl (C=O) groups excluding carboxylic acids is 3. The van der Waals surface area contributed by atoms with Crippen molar-refractivity contribution in [1.82, 2.24) is 15.2 Å². The van der Waals surface area contributed by atoms with Crippen molar-refractivity contribution in [3.63, 3.8) is 0 Å². The first-order chi connectivity index (χ1) is 14.3. The fourth-order valence-corrected chi connectivity index (χ4v) is 4.09. The Balaban J connectivity index is 1.75. The Kier molecular flexibility index (Phi) is 6.37. The third kappa shape index (κ3) is 4.14. The lowest BCUT2D eigenvalue weighted by molar-refractivity contribution is -0.155. The first-order valence-corrected chi connectivity index (χ1v) is 10.2. The van der Waals surface area contributed by atoms with Gasteiger partial charge in [-0.05, 0) is 12.3 Å². The first-order valence-electron chi connectivity index (χ1n) is 8.78. The highest BCUT2D eigenvalue weighted by Gasteiger charge is 2.53. The number of anilines is 1. The molecule has 1 saturated heterocycles. The van der Waals surface area contributed by atoms with Crippen molar-refractivity contribution in [2.75, 3.05) is 18.3 Å². The molecule has 1 aromatic rings. The molecule has 0 radical (unpaired) electrons. The number of nitrogens with one attached hydrogen (secondary N) is 2. The lowest BCUT2D eigenvalue weighted by Gasteiger charge is -2.50. The van der Waals surface area contributed by atoms with Crippen molar-refractivity contribution >= 4 is 57.5 Å². The Bertz CT molecular complexity index is 960. The topological polar surface area (TPSA) is 150 Å². The molecule has 3 rings (SSSR count). The molecule has 3 atom stereocenters. The van der Waals surface area contributed by atoms with E-state index in [4.69, 9.17) is 16.4 Å². The number of hydrogen-bond donors (Lipinski definition) is 3. The van der Waals surface area contributed by atoms with E-state index < -0.39 is 35.8 Å². The average Bonchev–Trinajstić information content (AvgIpc) is 3.16. The number of aromatic nitrogens is 1. The molecule has 1 fully saturated rings. The normalized spacial score (nSPS) is 23.1. The van der Waals surface area contributed by atoms with Gasteiger partial charge >= 0.3 is 5.97 Å². The molecule has 3 amide bonds. The van der Waals surface area contributed by atoms with Gasteiger partial charge in [0.25, 0.3) is 11.8 Å². The number of thiazole rings is 1. The predicted molar refractivity (Wildman–Crippen MR) is 107 cm³/mol. The molecule has 11 nitrogen and oxygen atoms in total. The monoisotopic (exact) mass is 455 g/mol. The Morgan fingerprint density at radius 3 is 2.83 bits per heavy atom. The molecule has 0 saturated carbocycles. The zero-order valence-electron chi connectivity index (χ0n) is 15.9. The van der Waals surface area contributed by atoms with Gasteiger partial charge in [-0.1, -0.05) is 18.2 Å². The van der Waals surface area contributed by atoms with Crippen LogP contribution in [-0.4, -0.2) is 69.5 Å². The number of nitrogens with zero attached hydrogens (tertiary/aromatic N) is 3. The highest BCUT2D eigenvalue weighted by atomic mass is 35.5. The maximum Gasteiger partial charge on any atom is 0.352 e. The summed E-state index contributed by atoms with van der Waals surface area (Å²) in [6, 6.07) is -1.36. The fraction of sp³-hybridized carbons (Fsp3) is 0.412. The van der Waals surface area contributed by atoms with Gasteiger partial charge in [-0.15, -0.1) is 22.9 Å². The molecule has 1 aromatic heterocycles. The van der Waals surface area contributed by atoms with Gasteiger partial charge < -0.3 is 20.6 Å². The molecule has 0 aromatic carbocycles. The highest BCUT2D eigenvalue weighted by Crippen LogP contribution is 2.35. The summed E-state index contributed by atoms with van der Waals surface area (Å²) in [5.74, 6) is -3.19. The van der Waals surface area contributed by atoms with Crippen molar-refractivity contribution in [3.8, 4) is 0 Å². The Labute approximate surface area is 179 Å². The quantitative estimate of drug-likeness (QED) is 0.232. The highest BCUT2D eigenvalue weighted by molar-refractivity contribution is 7.14. The molecule has 0 aliphatic carbocycles. The van der Waals surface area contributed by atoms with Gasteiger partial charge in [-0.3, -0.25) is 19.3 Å².